The summed E-state index contributed by atoms with van der Waals surface area (Å²) >= 11 is 5.60. The molecule has 2 aromatic heterocycles. The van der Waals surface area contributed by atoms with Crippen molar-refractivity contribution in [2.24, 2.45) is 7.05 Å². The lowest BCUT2D eigenvalue weighted by molar-refractivity contribution is -0.0557. The third-order valence-electron chi connectivity index (χ3n) is 2.45. The Hall–Kier alpha value is -1.76. The highest BCUT2D eigenvalue weighted by Gasteiger charge is 2.21. The van der Waals surface area contributed by atoms with Crippen molar-refractivity contribution in [1.29, 1.82) is 0 Å². The van der Waals surface area contributed by atoms with E-state index in [1.807, 2.05) is 0 Å². The van der Waals surface area contributed by atoms with Gasteiger partial charge >= 0.3 is 6.61 Å². The summed E-state index contributed by atoms with van der Waals surface area (Å²) in [5.41, 5.74) is 0.338. The van der Waals surface area contributed by atoms with Gasteiger partial charge in [-0.25, -0.2) is 14.1 Å². The van der Waals surface area contributed by atoms with Crippen LogP contribution in [0, 0.1) is 12.7 Å². The summed E-state index contributed by atoms with van der Waals surface area (Å²) in [6.45, 7) is -1.49. The molecule has 0 spiro atoms. The molecule has 8 heteroatoms. The maximum absolute atomic E-state index is 13.7. The van der Waals surface area contributed by atoms with Crippen LogP contribution < -0.4 is 4.74 Å². The highest BCUT2D eigenvalue weighted by Crippen LogP contribution is 2.30. The number of alkyl halides is 2. The zero-order chi connectivity index (χ0) is 14.2. The summed E-state index contributed by atoms with van der Waals surface area (Å²) in [5, 5.41) is 4.07. The highest BCUT2D eigenvalue weighted by molar-refractivity contribution is 6.30. The molecule has 0 amide bonds. The lowest BCUT2D eigenvalue weighted by atomic mass is 10.2. The fourth-order valence-electron chi connectivity index (χ4n) is 1.68. The number of ether oxygens (including phenoxy) is 1. The molecule has 2 aromatic rings. The van der Waals surface area contributed by atoms with E-state index in [-0.39, 0.29) is 27.9 Å². The largest absolute Gasteiger partial charge is 0.417 e. The first-order chi connectivity index (χ1) is 8.90. The number of hydrogen-bond acceptors (Lipinski definition) is 3. The number of nitrogens with zero attached hydrogens (tertiary/aromatic N) is 3. The summed E-state index contributed by atoms with van der Waals surface area (Å²) in [4.78, 5) is 3.82. The zero-order valence-corrected chi connectivity index (χ0v) is 10.7. The van der Waals surface area contributed by atoms with E-state index in [4.69, 9.17) is 11.6 Å². The number of aryl methyl sites for hydroxylation is 1. The molecule has 19 heavy (non-hydrogen) atoms. The minimum absolute atomic E-state index is 0.0679. The first-order valence-corrected chi connectivity index (χ1v) is 5.57. The van der Waals surface area contributed by atoms with Gasteiger partial charge in [-0.15, -0.1) is 0 Å². The first-order valence-electron chi connectivity index (χ1n) is 5.20. The molecule has 0 saturated heterocycles. The SMILES string of the molecule is Cc1c(-c2ncc(Cl)cc2F)nn(C)c1OC(F)F. The van der Waals surface area contributed by atoms with E-state index < -0.39 is 12.4 Å². The molecule has 0 bridgehead atoms. The molecule has 0 aromatic carbocycles. The highest BCUT2D eigenvalue weighted by atomic mass is 35.5. The van der Waals surface area contributed by atoms with Gasteiger partial charge in [0, 0.05) is 18.8 Å². The molecule has 2 rings (SSSR count). The smallest absolute Gasteiger partial charge is 0.388 e. The van der Waals surface area contributed by atoms with Crippen molar-refractivity contribution in [3.8, 4) is 17.3 Å². The molecule has 0 atom stereocenters. The summed E-state index contributed by atoms with van der Waals surface area (Å²) in [6.07, 6.45) is 1.25. The van der Waals surface area contributed by atoms with Crippen LogP contribution in [0.1, 0.15) is 5.56 Å². The van der Waals surface area contributed by atoms with Crippen molar-refractivity contribution in [3.05, 3.63) is 28.7 Å². The van der Waals surface area contributed by atoms with E-state index in [0.717, 1.165) is 10.7 Å². The standard InChI is InChI=1S/C11H9ClF3N3O/c1-5-8(9-7(13)3-6(12)4-16-9)17-18(2)10(5)19-11(14)15/h3-4,11H,1-2H3. The van der Waals surface area contributed by atoms with Gasteiger partial charge in [-0.2, -0.15) is 13.9 Å². The van der Waals surface area contributed by atoms with Gasteiger partial charge < -0.3 is 4.74 Å². The number of aromatic nitrogens is 3. The van der Waals surface area contributed by atoms with Gasteiger partial charge in [0.25, 0.3) is 0 Å². The van der Waals surface area contributed by atoms with E-state index >= 15 is 0 Å². The average molecular weight is 292 g/mol. The fraction of sp³-hybridized carbons (Fsp3) is 0.273. The van der Waals surface area contributed by atoms with E-state index in [2.05, 4.69) is 14.8 Å². The summed E-state index contributed by atoms with van der Waals surface area (Å²) in [6, 6.07) is 1.08. The number of rotatable bonds is 3. The van der Waals surface area contributed by atoms with E-state index in [1.165, 1.54) is 20.2 Å². The summed E-state index contributed by atoms with van der Waals surface area (Å²) < 4.78 is 43.7. The molecule has 2 heterocycles. The molecule has 0 radical (unpaired) electrons. The van der Waals surface area contributed by atoms with Crippen molar-refractivity contribution in [1.82, 2.24) is 14.8 Å². The van der Waals surface area contributed by atoms with Crippen LogP contribution in [0.15, 0.2) is 12.3 Å². The van der Waals surface area contributed by atoms with Gasteiger partial charge in [0.2, 0.25) is 5.88 Å². The van der Waals surface area contributed by atoms with Crippen molar-refractivity contribution in [3.63, 3.8) is 0 Å². The van der Waals surface area contributed by atoms with Crippen LogP contribution >= 0.6 is 11.6 Å². The molecule has 102 valence electrons. The third-order valence-corrected chi connectivity index (χ3v) is 2.66. The van der Waals surface area contributed by atoms with Crippen molar-refractivity contribution >= 4 is 11.6 Å². The van der Waals surface area contributed by atoms with Crippen molar-refractivity contribution in [2.45, 2.75) is 13.5 Å². The zero-order valence-electron chi connectivity index (χ0n) is 9.99. The molecule has 0 unspecified atom stereocenters. The summed E-state index contributed by atoms with van der Waals surface area (Å²) in [5.74, 6) is -0.821. The van der Waals surface area contributed by atoms with Crippen molar-refractivity contribution < 1.29 is 17.9 Å². The fourth-order valence-corrected chi connectivity index (χ4v) is 1.82. The molecule has 0 fully saturated rings. The molecular weight excluding hydrogens is 283 g/mol. The number of hydrogen-bond donors (Lipinski definition) is 0. The van der Waals surface area contributed by atoms with Crippen LogP contribution in [0.4, 0.5) is 13.2 Å². The minimum Gasteiger partial charge on any atom is -0.417 e. The van der Waals surface area contributed by atoms with Crippen LogP contribution in [-0.4, -0.2) is 21.4 Å². The Kier molecular flexibility index (Phi) is 3.66. The molecular formula is C11H9ClF3N3O. The Morgan fingerprint density at radius 1 is 1.37 bits per heavy atom. The second kappa shape index (κ2) is 5.08. The Bertz CT molecular complexity index is 615. The van der Waals surface area contributed by atoms with Crippen LogP contribution in [0.5, 0.6) is 5.88 Å². The van der Waals surface area contributed by atoms with Gasteiger partial charge in [0.15, 0.2) is 5.82 Å². The second-order valence-electron chi connectivity index (χ2n) is 3.76. The van der Waals surface area contributed by atoms with Crippen molar-refractivity contribution in [2.75, 3.05) is 0 Å². The molecule has 4 nitrogen and oxygen atoms in total. The molecule has 0 aliphatic heterocycles. The third kappa shape index (κ3) is 2.65. The molecule has 0 saturated carbocycles. The Morgan fingerprint density at radius 2 is 2.05 bits per heavy atom. The number of halogens is 4. The second-order valence-corrected chi connectivity index (χ2v) is 4.20. The van der Waals surface area contributed by atoms with Gasteiger partial charge in [0.05, 0.1) is 5.02 Å². The molecule has 0 aliphatic carbocycles. The number of pyridine rings is 1. The monoisotopic (exact) mass is 291 g/mol. The van der Waals surface area contributed by atoms with Gasteiger partial charge in [-0.3, -0.25) is 0 Å². The Balaban J connectivity index is 2.51. The van der Waals surface area contributed by atoms with Gasteiger partial charge in [-0.05, 0) is 13.0 Å². The van der Waals surface area contributed by atoms with Crippen LogP contribution in [0.3, 0.4) is 0 Å². The van der Waals surface area contributed by atoms with E-state index in [9.17, 15) is 13.2 Å². The first kappa shape index (κ1) is 13.7. The van der Waals surface area contributed by atoms with Crippen LogP contribution in [0.2, 0.25) is 5.02 Å². The maximum atomic E-state index is 13.7. The quantitative estimate of drug-likeness (QED) is 0.872. The lowest BCUT2D eigenvalue weighted by Gasteiger charge is -2.04. The molecule has 0 aliphatic rings. The predicted octanol–water partition coefficient (Wildman–Crippen LogP) is 3.18. The maximum Gasteiger partial charge on any atom is 0.388 e. The minimum atomic E-state index is -2.98. The lowest BCUT2D eigenvalue weighted by Crippen LogP contribution is -2.06. The average Bonchev–Trinajstić information content (AvgIpc) is 2.57. The Morgan fingerprint density at radius 3 is 2.63 bits per heavy atom. The van der Waals surface area contributed by atoms with Crippen LogP contribution in [-0.2, 0) is 7.05 Å². The van der Waals surface area contributed by atoms with Crippen LogP contribution in [0.25, 0.3) is 11.4 Å². The van der Waals surface area contributed by atoms with E-state index in [0.29, 0.717) is 0 Å². The summed E-state index contributed by atoms with van der Waals surface area (Å²) in [7, 11) is 1.42. The van der Waals surface area contributed by atoms with Gasteiger partial charge in [0.1, 0.15) is 11.4 Å². The molecule has 0 N–H and O–H groups in total. The van der Waals surface area contributed by atoms with E-state index in [1.54, 1.807) is 0 Å². The predicted molar refractivity (Wildman–Crippen MR) is 62.8 cm³/mol. The van der Waals surface area contributed by atoms with Gasteiger partial charge in [-0.1, -0.05) is 11.6 Å². The normalized spacial score (nSPS) is 11.1. The topological polar surface area (TPSA) is 39.9 Å². The Labute approximate surface area is 111 Å².